The summed E-state index contributed by atoms with van der Waals surface area (Å²) >= 11 is 0. The van der Waals surface area contributed by atoms with E-state index in [1.54, 1.807) is 0 Å². The second-order valence-corrected chi connectivity index (χ2v) is 14.8. The van der Waals surface area contributed by atoms with Crippen LogP contribution in [0.2, 0.25) is 0 Å². The van der Waals surface area contributed by atoms with E-state index in [-0.39, 0.29) is 0 Å². The van der Waals surface area contributed by atoms with Crippen molar-refractivity contribution < 1.29 is 0 Å². The van der Waals surface area contributed by atoms with Crippen molar-refractivity contribution in [3.05, 3.63) is 194 Å². The van der Waals surface area contributed by atoms with E-state index in [0.29, 0.717) is 5.82 Å². The standard InChI is InChI=1S/C54H32N2/c1-3-13-34(14-4-1)49-52(35-15-5-2-6-16-35)55-54(56-53(49)48-32-31-47-41-20-10-8-18-39(41)44-23-12-24-45(48)51(44)47)36-27-25-33(26-28-36)37-29-30-46-40-19-9-7-17-38(40)43-22-11-21-42(37)50(43)46/h1-32H. The van der Waals surface area contributed by atoms with Gasteiger partial charge in [-0.05, 0) is 82.7 Å². The lowest BCUT2D eigenvalue weighted by atomic mass is 9.90. The molecule has 12 rings (SSSR count). The molecule has 0 spiro atoms. The van der Waals surface area contributed by atoms with E-state index in [9.17, 15) is 0 Å². The molecule has 2 aliphatic rings. The summed E-state index contributed by atoms with van der Waals surface area (Å²) in [5, 5.41) is 5.09. The number of rotatable bonds is 5. The van der Waals surface area contributed by atoms with E-state index in [0.717, 1.165) is 39.2 Å². The Hall–Kier alpha value is -7.42. The molecule has 2 aliphatic carbocycles. The van der Waals surface area contributed by atoms with Crippen LogP contribution in [0.25, 0.3) is 122 Å². The van der Waals surface area contributed by atoms with Crippen molar-refractivity contribution in [3.63, 3.8) is 0 Å². The zero-order chi connectivity index (χ0) is 36.7. The minimum absolute atomic E-state index is 0.701. The molecule has 258 valence electrons. The Bertz CT molecular complexity index is 3160. The summed E-state index contributed by atoms with van der Waals surface area (Å²) in [4.78, 5) is 11.0. The van der Waals surface area contributed by atoms with Crippen LogP contribution >= 0.6 is 0 Å². The number of hydrogen-bond donors (Lipinski definition) is 0. The van der Waals surface area contributed by atoms with Gasteiger partial charge in [0.05, 0.1) is 11.4 Å². The average Bonchev–Trinajstić information content (AvgIpc) is 3.78. The Labute approximate surface area is 325 Å². The van der Waals surface area contributed by atoms with Crippen LogP contribution in [0.4, 0.5) is 0 Å². The van der Waals surface area contributed by atoms with Crippen molar-refractivity contribution in [3.8, 4) is 101 Å². The highest BCUT2D eigenvalue weighted by Gasteiger charge is 2.27. The fourth-order valence-electron chi connectivity index (χ4n) is 9.34. The average molecular weight is 709 g/mol. The first-order valence-electron chi connectivity index (χ1n) is 19.3. The van der Waals surface area contributed by atoms with E-state index in [1.165, 1.54) is 77.2 Å². The highest BCUT2D eigenvalue weighted by atomic mass is 14.9. The third kappa shape index (κ3) is 4.50. The molecule has 0 N–H and O–H groups in total. The molecule has 0 unspecified atom stereocenters. The van der Waals surface area contributed by atoms with Crippen LogP contribution in [0.5, 0.6) is 0 Å². The van der Waals surface area contributed by atoms with Crippen LogP contribution < -0.4 is 0 Å². The molecule has 0 aliphatic heterocycles. The van der Waals surface area contributed by atoms with Gasteiger partial charge in [-0.15, -0.1) is 0 Å². The maximum atomic E-state index is 5.55. The van der Waals surface area contributed by atoms with Crippen molar-refractivity contribution in [2.24, 2.45) is 0 Å². The third-order valence-electron chi connectivity index (χ3n) is 11.8. The molecule has 1 aromatic heterocycles. The molecule has 9 aromatic carbocycles. The minimum Gasteiger partial charge on any atom is -0.227 e. The summed E-state index contributed by atoms with van der Waals surface area (Å²) in [6, 6.07) is 70.0. The molecule has 10 aromatic rings. The SMILES string of the molecule is c1ccc(-c2nc(-c3ccc(-c4ccc5c6c(cccc46)-c4ccccc4-5)cc3)nc(-c3ccc4c5c(cccc35)-c3ccccc3-4)c2-c2ccccc2)cc1. The van der Waals surface area contributed by atoms with Crippen LogP contribution in [0.15, 0.2) is 194 Å². The topological polar surface area (TPSA) is 25.8 Å². The molecule has 0 saturated carbocycles. The first-order valence-corrected chi connectivity index (χ1v) is 19.3. The number of aromatic nitrogens is 2. The molecule has 56 heavy (non-hydrogen) atoms. The van der Waals surface area contributed by atoms with Gasteiger partial charge in [-0.1, -0.05) is 194 Å². The largest absolute Gasteiger partial charge is 0.227 e. The van der Waals surface area contributed by atoms with Crippen LogP contribution in [-0.4, -0.2) is 9.97 Å². The molecule has 0 atom stereocenters. The van der Waals surface area contributed by atoms with Gasteiger partial charge in [0.2, 0.25) is 0 Å². The van der Waals surface area contributed by atoms with E-state index >= 15 is 0 Å². The maximum absolute atomic E-state index is 5.55. The van der Waals surface area contributed by atoms with E-state index in [1.807, 2.05) is 0 Å². The van der Waals surface area contributed by atoms with E-state index < -0.39 is 0 Å². The van der Waals surface area contributed by atoms with Gasteiger partial charge < -0.3 is 0 Å². The molecular formula is C54H32N2. The summed E-state index contributed by atoms with van der Waals surface area (Å²) in [5.41, 5.74) is 19.9. The zero-order valence-corrected chi connectivity index (χ0v) is 30.4. The van der Waals surface area contributed by atoms with Crippen molar-refractivity contribution in [1.29, 1.82) is 0 Å². The predicted molar refractivity (Wildman–Crippen MR) is 233 cm³/mol. The molecule has 0 bridgehead atoms. The fourth-order valence-corrected chi connectivity index (χ4v) is 9.34. The summed E-state index contributed by atoms with van der Waals surface area (Å²) in [7, 11) is 0. The van der Waals surface area contributed by atoms with Crippen molar-refractivity contribution in [2.75, 3.05) is 0 Å². The first-order chi connectivity index (χ1) is 27.8. The van der Waals surface area contributed by atoms with E-state index in [2.05, 4.69) is 194 Å². The Morgan fingerprint density at radius 1 is 0.232 bits per heavy atom. The lowest BCUT2D eigenvalue weighted by Crippen LogP contribution is -2.01. The van der Waals surface area contributed by atoms with Gasteiger partial charge >= 0.3 is 0 Å². The molecular weight excluding hydrogens is 677 g/mol. The quantitative estimate of drug-likeness (QED) is 0.178. The molecule has 0 fully saturated rings. The van der Waals surface area contributed by atoms with Crippen LogP contribution in [0, 0.1) is 0 Å². The molecule has 2 nitrogen and oxygen atoms in total. The van der Waals surface area contributed by atoms with Crippen LogP contribution in [0.1, 0.15) is 0 Å². The number of benzene rings is 9. The predicted octanol–water partition coefficient (Wildman–Crippen LogP) is 14.4. The zero-order valence-electron chi connectivity index (χ0n) is 30.4. The number of fused-ring (bicyclic) bond motifs is 6. The second-order valence-electron chi connectivity index (χ2n) is 14.8. The van der Waals surface area contributed by atoms with Gasteiger partial charge in [-0.3, -0.25) is 0 Å². The summed E-state index contributed by atoms with van der Waals surface area (Å²) < 4.78 is 0. The van der Waals surface area contributed by atoms with Gasteiger partial charge in [-0.25, -0.2) is 9.97 Å². The van der Waals surface area contributed by atoms with Gasteiger partial charge in [0, 0.05) is 22.3 Å². The van der Waals surface area contributed by atoms with Crippen molar-refractivity contribution in [1.82, 2.24) is 9.97 Å². The lowest BCUT2D eigenvalue weighted by Gasteiger charge is -2.18. The summed E-state index contributed by atoms with van der Waals surface area (Å²) in [5.74, 6) is 0.701. The van der Waals surface area contributed by atoms with Crippen LogP contribution in [0.3, 0.4) is 0 Å². The van der Waals surface area contributed by atoms with Gasteiger partial charge in [0.15, 0.2) is 5.82 Å². The summed E-state index contributed by atoms with van der Waals surface area (Å²) in [6.45, 7) is 0. The van der Waals surface area contributed by atoms with Crippen molar-refractivity contribution in [2.45, 2.75) is 0 Å². The molecule has 2 heteroatoms. The summed E-state index contributed by atoms with van der Waals surface area (Å²) in [6.07, 6.45) is 0. The second kappa shape index (κ2) is 12.0. The smallest absolute Gasteiger partial charge is 0.160 e. The highest BCUT2D eigenvalue weighted by Crippen LogP contribution is 2.52. The fraction of sp³-hybridized carbons (Fsp3) is 0. The Kier molecular flexibility index (Phi) is 6.66. The maximum Gasteiger partial charge on any atom is 0.160 e. The molecule has 0 radical (unpaired) electrons. The number of nitrogens with zero attached hydrogens (tertiary/aromatic N) is 2. The molecule has 1 heterocycles. The van der Waals surface area contributed by atoms with E-state index in [4.69, 9.17) is 9.97 Å². The highest BCUT2D eigenvalue weighted by molar-refractivity contribution is 6.20. The lowest BCUT2D eigenvalue weighted by molar-refractivity contribution is 1.19. The van der Waals surface area contributed by atoms with Crippen LogP contribution in [-0.2, 0) is 0 Å². The first kappa shape index (κ1) is 31.0. The van der Waals surface area contributed by atoms with Gasteiger partial charge in [0.1, 0.15) is 0 Å². The molecule has 0 saturated heterocycles. The Morgan fingerprint density at radius 3 is 1.21 bits per heavy atom. The van der Waals surface area contributed by atoms with Gasteiger partial charge in [0.25, 0.3) is 0 Å². The Balaban J connectivity index is 1.07. The minimum atomic E-state index is 0.701. The monoisotopic (exact) mass is 708 g/mol. The number of hydrogen-bond acceptors (Lipinski definition) is 2. The Morgan fingerprint density at radius 2 is 0.643 bits per heavy atom. The molecule has 0 amide bonds. The van der Waals surface area contributed by atoms with Gasteiger partial charge in [-0.2, -0.15) is 0 Å². The van der Waals surface area contributed by atoms with Crippen molar-refractivity contribution >= 4 is 21.5 Å². The third-order valence-corrected chi connectivity index (χ3v) is 11.8. The normalized spacial score (nSPS) is 11.9.